The molecule has 0 saturated heterocycles. The Bertz CT molecular complexity index is 2090. The third-order valence-corrected chi connectivity index (χ3v) is 8.98. The number of aromatic nitrogens is 3. The number of fused-ring (bicyclic) bond motifs is 1. The van der Waals surface area contributed by atoms with Crippen LogP contribution in [0.1, 0.15) is 35.5 Å². The van der Waals surface area contributed by atoms with Gasteiger partial charge in [-0.2, -0.15) is 0 Å². The van der Waals surface area contributed by atoms with E-state index < -0.39 is 12.0 Å². The van der Waals surface area contributed by atoms with Crippen LogP contribution in [0.2, 0.25) is 0 Å². The van der Waals surface area contributed by atoms with E-state index in [9.17, 15) is 9.59 Å². The summed E-state index contributed by atoms with van der Waals surface area (Å²) in [5.74, 6) is 0.423. The summed E-state index contributed by atoms with van der Waals surface area (Å²) in [6.07, 6.45) is 3.37. The molecule has 1 aliphatic rings. The number of benzene rings is 2. The number of ether oxygens (including phenoxy) is 2. The molecule has 0 N–H and O–H groups in total. The summed E-state index contributed by atoms with van der Waals surface area (Å²) in [6, 6.07) is 19.4. The van der Waals surface area contributed by atoms with E-state index in [0.29, 0.717) is 42.4 Å². The van der Waals surface area contributed by atoms with E-state index in [1.54, 1.807) is 44.5 Å². The minimum Gasteiger partial charge on any atom is -0.496 e. The topological polar surface area (TPSA) is 109 Å². The number of nitrogens with zero attached hydrogens (tertiary/aromatic N) is 4. The molecule has 0 radical (unpaired) electrons. The molecular weight excluding hydrogens is 664 g/mol. The molecule has 12 heteroatoms. The zero-order valence-electron chi connectivity index (χ0n) is 23.8. The highest BCUT2D eigenvalue weighted by Gasteiger charge is 2.37. The lowest BCUT2D eigenvalue weighted by Gasteiger charge is -2.27. The lowest BCUT2D eigenvalue weighted by atomic mass is 9.92. The molecule has 0 amide bonds. The molecular formula is C32H25BrN4O5S2. The van der Waals surface area contributed by atoms with E-state index in [0.717, 1.165) is 15.7 Å². The van der Waals surface area contributed by atoms with Crippen LogP contribution >= 0.6 is 39.0 Å². The van der Waals surface area contributed by atoms with Crippen molar-refractivity contribution in [2.45, 2.75) is 30.1 Å². The van der Waals surface area contributed by atoms with Crippen molar-refractivity contribution >= 4 is 56.8 Å². The van der Waals surface area contributed by atoms with Crippen LogP contribution in [0.4, 0.5) is 0 Å². The number of rotatable bonds is 8. The number of methoxy groups -OCH3 is 1. The third-order valence-electron chi connectivity index (χ3n) is 6.70. The molecule has 0 spiro atoms. The number of halogens is 1. The molecule has 44 heavy (non-hydrogen) atoms. The molecule has 3 aromatic heterocycles. The zero-order chi connectivity index (χ0) is 30.8. The molecule has 0 bridgehead atoms. The Labute approximate surface area is 268 Å². The van der Waals surface area contributed by atoms with Gasteiger partial charge in [0, 0.05) is 33.6 Å². The predicted octanol–water partition coefficient (Wildman–Crippen LogP) is 5.55. The van der Waals surface area contributed by atoms with Crippen LogP contribution in [-0.4, -0.2) is 34.2 Å². The molecule has 2 aromatic carbocycles. The molecule has 6 rings (SSSR count). The van der Waals surface area contributed by atoms with Gasteiger partial charge in [-0.1, -0.05) is 57.6 Å². The summed E-state index contributed by atoms with van der Waals surface area (Å²) < 4.78 is 20.0. The van der Waals surface area contributed by atoms with Gasteiger partial charge in [-0.3, -0.25) is 9.36 Å². The Morgan fingerprint density at radius 3 is 2.73 bits per heavy atom. The Kier molecular flexibility index (Phi) is 8.65. The van der Waals surface area contributed by atoms with Crippen molar-refractivity contribution in [2.24, 2.45) is 4.99 Å². The first-order valence-corrected chi connectivity index (χ1v) is 16.0. The minimum atomic E-state index is -0.878. The normalized spacial score (nSPS) is 14.7. The third kappa shape index (κ3) is 5.92. The first-order valence-electron chi connectivity index (χ1n) is 13.6. The van der Waals surface area contributed by atoms with Crippen molar-refractivity contribution in [2.75, 3.05) is 13.7 Å². The van der Waals surface area contributed by atoms with Crippen molar-refractivity contribution < 1.29 is 18.7 Å². The van der Waals surface area contributed by atoms with Crippen molar-refractivity contribution in [3.8, 4) is 5.75 Å². The minimum absolute atomic E-state index is 0.156. The predicted molar refractivity (Wildman–Crippen MR) is 171 cm³/mol. The summed E-state index contributed by atoms with van der Waals surface area (Å²) in [7, 11) is 1.55. The Balaban J connectivity index is 1.55. The molecule has 1 atom stereocenters. The Hall–Kier alpha value is -4.26. The average molecular weight is 690 g/mol. The average Bonchev–Trinajstić information content (AvgIpc) is 3.59. The summed E-state index contributed by atoms with van der Waals surface area (Å²) in [4.78, 5) is 41.9. The van der Waals surface area contributed by atoms with Crippen LogP contribution in [0.25, 0.3) is 11.8 Å². The Morgan fingerprint density at radius 2 is 1.98 bits per heavy atom. The molecule has 0 fully saturated rings. The molecule has 1 aliphatic heterocycles. The second-order valence-electron chi connectivity index (χ2n) is 9.56. The number of hydrogen-bond donors (Lipinski definition) is 0. The van der Waals surface area contributed by atoms with Gasteiger partial charge in [-0.05, 0) is 62.0 Å². The largest absolute Gasteiger partial charge is 0.496 e. The van der Waals surface area contributed by atoms with E-state index in [2.05, 4.69) is 25.9 Å². The highest BCUT2D eigenvalue weighted by atomic mass is 79.9. The zero-order valence-corrected chi connectivity index (χ0v) is 27.0. The van der Waals surface area contributed by atoms with E-state index in [1.807, 2.05) is 55.5 Å². The number of esters is 1. The van der Waals surface area contributed by atoms with Gasteiger partial charge in [-0.25, -0.2) is 19.8 Å². The number of carbonyl (C=O) groups excluding carboxylic acids is 1. The lowest BCUT2D eigenvalue weighted by Crippen LogP contribution is -2.40. The number of furan rings is 1. The van der Waals surface area contributed by atoms with Crippen molar-refractivity contribution in [3.05, 3.63) is 125 Å². The summed E-state index contributed by atoms with van der Waals surface area (Å²) in [5.41, 5.74) is 2.52. The summed E-state index contributed by atoms with van der Waals surface area (Å²) in [5, 5.41) is 1.15. The second kappa shape index (κ2) is 12.8. The maximum absolute atomic E-state index is 14.2. The standard InChI is InChI=1S/C32H25BrN4O5S2/c1-4-41-30(39)26-27(19-8-6-5-7-9-19)36-32-37(28(26)22-16-20(33)10-12-23(22)40-3)29(38)24(43-32)17-21-11-13-25(42-21)44-31-34-15-14-18(2)35-31/h5-17,28H,4H2,1-3H3/b24-17-/t28-/m0/s1. The van der Waals surface area contributed by atoms with Crippen LogP contribution in [0.5, 0.6) is 5.75 Å². The van der Waals surface area contributed by atoms with E-state index in [1.165, 1.54) is 27.7 Å². The van der Waals surface area contributed by atoms with Crippen molar-refractivity contribution in [1.82, 2.24) is 14.5 Å². The maximum atomic E-state index is 14.2. The van der Waals surface area contributed by atoms with Gasteiger partial charge in [0.1, 0.15) is 17.6 Å². The van der Waals surface area contributed by atoms with Gasteiger partial charge in [0.15, 0.2) is 15.1 Å². The molecule has 0 unspecified atom stereocenters. The lowest BCUT2D eigenvalue weighted by molar-refractivity contribution is -0.138. The second-order valence-corrected chi connectivity index (χ2v) is 12.5. The number of hydrogen-bond acceptors (Lipinski definition) is 10. The highest BCUT2D eigenvalue weighted by Crippen LogP contribution is 2.40. The van der Waals surface area contributed by atoms with Gasteiger partial charge < -0.3 is 13.9 Å². The van der Waals surface area contributed by atoms with Crippen LogP contribution < -0.4 is 19.6 Å². The monoisotopic (exact) mass is 688 g/mol. The van der Waals surface area contributed by atoms with E-state index in [4.69, 9.17) is 18.9 Å². The number of aryl methyl sites for hydroxylation is 1. The molecule has 4 heterocycles. The van der Waals surface area contributed by atoms with E-state index in [-0.39, 0.29) is 17.7 Å². The van der Waals surface area contributed by atoms with Gasteiger partial charge >= 0.3 is 5.97 Å². The maximum Gasteiger partial charge on any atom is 0.338 e. The smallest absolute Gasteiger partial charge is 0.338 e. The number of thiazole rings is 1. The molecule has 9 nitrogen and oxygen atoms in total. The van der Waals surface area contributed by atoms with Gasteiger partial charge in [0.05, 0.1) is 29.5 Å². The fourth-order valence-electron chi connectivity index (χ4n) is 4.81. The van der Waals surface area contributed by atoms with Gasteiger partial charge in [0.25, 0.3) is 5.56 Å². The number of carbonyl (C=O) groups is 1. The van der Waals surface area contributed by atoms with Crippen LogP contribution in [0.3, 0.4) is 0 Å². The fourth-order valence-corrected chi connectivity index (χ4v) is 6.93. The first-order chi connectivity index (χ1) is 21.4. The SMILES string of the molecule is CCOC(=O)C1=C(c2ccccc2)N=c2s/c(=C\c3ccc(Sc4nccc(C)n4)o3)c(=O)n2[C@H]1c1cc(Br)ccc1OC. The quantitative estimate of drug-likeness (QED) is 0.154. The fraction of sp³-hybridized carbons (Fsp3) is 0.156. The summed E-state index contributed by atoms with van der Waals surface area (Å²) in [6.45, 7) is 3.79. The highest BCUT2D eigenvalue weighted by molar-refractivity contribution is 9.10. The Morgan fingerprint density at radius 1 is 1.16 bits per heavy atom. The van der Waals surface area contributed by atoms with Crippen molar-refractivity contribution in [3.63, 3.8) is 0 Å². The van der Waals surface area contributed by atoms with Crippen LogP contribution in [0.15, 0.2) is 107 Å². The first kappa shape index (κ1) is 29.8. The molecule has 0 aliphatic carbocycles. The molecule has 5 aromatic rings. The van der Waals surface area contributed by atoms with Gasteiger partial charge in [-0.15, -0.1) is 0 Å². The van der Waals surface area contributed by atoms with Crippen LogP contribution in [-0.2, 0) is 9.53 Å². The molecule has 0 saturated carbocycles. The van der Waals surface area contributed by atoms with Crippen LogP contribution in [0, 0.1) is 6.92 Å². The van der Waals surface area contributed by atoms with Crippen molar-refractivity contribution in [1.29, 1.82) is 0 Å². The van der Waals surface area contributed by atoms with E-state index >= 15 is 0 Å². The molecule has 222 valence electrons. The summed E-state index contributed by atoms with van der Waals surface area (Å²) >= 11 is 6.05. The van der Waals surface area contributed by atoms with Gasteiger partial charge in [0.2, 0.25) is 0 Å².